The summed E-state index contributed by atoms with van der Waals surface area (Å²) in [6, 6.07) is 10.00. The smallest absolute Gasteiger partial charge is 0.0948 e. The fourth-order valence-corrected chi connectivity index (χ4v) is 3.40. The Labute approximate surface area is 114 Å². The van der Waals surface area contributed by atoms with Crippen molar-refractivity contribution < 1.29 is 17.7 Å². The van der Waals surface area contributed by atoms with Crippen LogP contribution in [0.4, 0.5) is 0 Å². The Morgan fingerprint density at radius 3 is 2.47 bits per heavy atom. The van der Waals surface area contributed by atoms with Gasteiger partial charge in [-0.2, -0.15) is 0 Å². The van der Waals surface area contributed by atoms with Gasteiger partial charge in [0.25, 0.3) is 0 Å². The van der Waals surface area contributed by atoms with E-state index < -0.39 is 10.1 Å². The second-order valence-corrected chi connectivity index (χ2v) is 6.70. The molecule has 0 bridgehead atoms. The molecule has 1 saturated carbocycles. The molecule has 0 aromatic heterocycles. The van der Waals surface area contributed by atoms with Gasteiger partial charge in [-0.05, 0) is 36.7 Å². The summed E-state index contributed by atoms with van der Waals surface area (Å²) in [6.45, 7) is 1.31. The number of ether oxygens (including phenoxy) is 1. The van der Waals surface area contributed by atoms with Gasteiger partial charge in [0, 0.05) is 12.4 Å². The number of benzene rings is 1. The van der Waals surface area contributed by atoms with Crippen LogP contribution < -0.4 is 0 Å². The molecule has 0 unspecified atom stereocenters. The Hall–Kier alpha value is -0.910. The van der Waals surface area contributed by atoms with Crippen LogP contribution >= 0.6 is 0 Å². The second-order valence-electron chi connectivity index (χ2n) is 5.25. The minimum absolute atomic E-state index is 0.0709. The summed E-state index contributed by atoms with van der Waals surface area (Å²) in [6.07, 6.45) is 2.63. The summed E-state index contributed by atoms with van der Waals surface area (Å²) in [5.74, 6) is 0.387. The lowest BCUT2D eigenvalue weighted by molar-refractivity contribution is 0.0823. The maximum atomic E-state index is 10.6. The van der Waals surface area contributed by atoms with Crippen molar-refractivity contribution in [2.45, 2.75) is 25.9 Å². The highest BCUT2D eigenvalue weighted by molar-refractivity contribution is 7.85. The number of hydrogen-bond acceptors (Lipinski definition) is 4. The summed E-state index contributed by atoms with van der Waals surface area (Å²) in [7, 11) is -4.05. The van der Waals surface area contributed by atoms with Crippen molar-refractivity contribution >= 4 is 10.1 Å². The summed E-state index contributed by atoms with van der Waals surface area (Å²) >= 11 is 0. The minimum atomic E-state index is -4.05. The highest BCUT2D eigenvalue weighted by Crippen LogP contribution is 2.36. The maximum absolute atomic E-state index is 10.6. The molecule has 0 spiro atoms. The summed E-state index contributed by atoms with van der Waals surface area (Å²) < 4.78 is 37.3. The SMILES string of the molecule is O=S(=O)([O-])CC1CC(CCOCc2ccccc2)C1. The Morgan fingerprint density at radius 1 is 1.16 bits per heavy atom. The first-order valence-corrected chi connectivity index (χ1v) is 8.16. The quantitative estimate of drug-likeness (QED) is 0.568. The summed E-state index contributed by atoms with van der Waals surface area (Å²) in [5.41, 5.74) is 1.16. The molecule has 1 aromatic carbocycles. The average Bonchev–Trinajstić information content (AvgIpc) is 2.30. The van der Waals surface area contributed by atoms with Gasteiger partial charge < -0.3 is 9.29 Å². The first-order chi connectivity index (χ1) is 9.03. The maximum Gasteiger partial charge on any atom is 0.0948 e. The van der Waals surface area contributed by atoms with Gasteiger partial charge >= 0.3 is 0 Å². The molecule has 1 aliphatic carbocycles. The van der Waals surface area contributed by atoms with Crippen molar-refractivity contribution in [2.75, 3.05) is 12.4 Å². The second kappa shape index (κ2) is 6.50. The molecular weight excluding hydrogens is 264 g/mol. The van der Waals surface area contributed by atoms with E-state index in [4.69, 9.17) is 4.74 Å². The predicted molar refractivity (Wildman–Crippen MR) is 71.5 cm³/mol. The first-order valence-electron chi connectivity index (χ1n) is 6.58. The van der Waals surface area contributed by atoms with Gasteiger partial charge in [-0.3, -0.25) is 0 Å². The van der Waals surface area contributed by atoms with E-state index in [0.29, 0.717) is 19.1 Å². The zero-order chi connectivity index (χ0) is 13.7. The molecule has 0 saturated heterocycles. The van der Waals surface area contributed by atoms with Crippen LogP contribution in [-0.2, 0) is 21.5 Å². The van der Waals surface area contributed by atoms with E-state index in [1.807, 2.05) is 30.3 Å². The van der Waals surface area contributed by atoms with E-state index in [1.54, 1.807) is 0 Å². The largest absolute Gasteiger partial charge is 0.748 e. The van der Waals surface area contributed by atoms with Gasteiger partial charge in [-0.15, -0.1) is 0 Å². The van der Waals surface area contributed by atoms with Crippen LogP contribution in [0.1, 0.15) is 24.8 Å². The lowest BCUT2D eigenvalue weighted by atomic mass is 9.74. The molecule has 5 heteroatoms. The zero-order valence-electron chi connectivity index (χ0n) is 10.8. The van der Waals surface area contributed by atoms with Crippen molar-refractivity contribution in [2.24, 2.45) is 11.8 Å². The fraction of sp³-hybridized carbons (Fsp3) is 0.571. The molecule has 1 fully saturated rings. The van der Waals surface area contributed by atoms with Crippen molar-refractivity contribution in [3.63, 3.8) is 0 Å². The van der Waals surface area contributed by atoms with E-state index in [2.05, 4.69) is 0 Å². The van der Waals surface area contributed by atoms with Gasteiger partial charge in [0.1, 0.15) is 0 Å². The molecule has 1 aliphatic rings. The average molecular weight is 283 g/mol. The highest BCUT2D eigenvalue weighted by atomic mass is 32.2. The van der Waals surface area contributed by atoms with Crippen molar-refractivity contribution in [3.05, 3.63) is 35.9 Å². The molecule has 19 heavy (non-hydrogen) atoms. The van der Waals surface area contributed by atoms with Gasteiger partial charge in [-0.25, -0.2) is 8.42 Å². The Kier molecular flexibility index (Phi) is 4.96. The third kappa shape index (κ3) is 5.30. The van der Waals surface area contributed by atoms with Crippen molar-refractivity contribution in [1.82, 2.24) is 0 Å². The van der Waals surface area contributed by atoms with Crippen LogP contribution in [0, 0.1) is 11.8 Å². The molecule has 0 aliphatic heterocycles. The van der Waals surface area contributed by atoms with Crippen LogP contribution in [0.3, 0.4) is 0 Å². The molecule has 0 heterocycles. The molecule has 0 radical (unpaired) electrons. The normalized spacial score (nSPS) is 23.0. The van der Waals surface area contributed by atoms with Crippen LogP contribution in [-0.4, -0.2) is 25.3 Å². The van der Waals surface area contributed by atoms with E-state index in [0.717, 1.165) is 24.8 Å². The summed E-state index contributed by atoms with van der Waals surface area (Å²) in [5, 5.41) is 0. The molecule has 0 atom stereocenters. The summed E-state index contributed by atoms with van der Waals surface area (Å²) in [4.78, 5) is 0. The lowest BCUT2D eigenvalue weighted by Gasteiger charge is -2.35. The monoisotopic (exact) mass is 283 g/mol. The van der Waals surface area contributed by atoms with E-state index in [9.17, 15) is 13.0 Å². The number of rotatable bonds is 7. The lowest BCUT2D eigenvalue weighted by Crippen LogP contribution is -2.30. The van der Waals surface area contributed by atoms with Gasteiger partial charge in [0.2, 0.25) is 0 Å². The molecule has 0 amide bonds. The molecule has 0 N–H and O–H groups in total. The molecule has 1 aromatic rings. The minimum Gasteiger partial charge on any atom is -0.748 e. The van der Waals surface area contributed by atoms with Crippen molar-refractivity contribution in [3.8, 4) is 0 Å². The van der Waals surface area contributed by atoms with E-state index in [1.165, 1.54) is 0 Å². The van der Waals surface area contributed by atoms with Crippen LogP contribution in [0.15, 0.2) is 30.3 Å². The van der Waals surface area contributed by atoms with Crippen LogP contribution in [0.25, 0.3) is 0 Å². The topological polar surface area (TPSA) is 66.4 Å². The standard InChI is InChI=1S/C14H20O4S/c15-19(16,17)11-14-8-13(9-14)6-7-18-10-12-4-2-1-3-5-12/h1-5,13-14H,6-11H2,(H,15,16,17)/p-1. The van der Waals surface area contributed by atoms with Crippen LogP contribution in [0.5, 0.6) is 0 Å². The van der Waals surface area contributed by atoms with E-state index in [-0.39, 0.29) is 11.7 Å². The third-order valence-electron chi connectivity index (χ3n) is 3.56. The fourth-order valence-electron chi connectivity index (χ4n) is 2.55. The predicted octanol–water partition coefficient (Wildman–Crippen LogP) is 2.16. The highest BCUT2D eigenvalue weighted by Gasteiger charge is 2.29. The number of hydrogen-bond donors (Lipinski definition) is 0. The van der Waals surface area contributed by atoms with Crippen molar-refractivity contribution in [1.29, 1.82) is 0 Å². The molecule has 2 rings (SSSR count). The molecule has 4 nitrogen and oxygen atoms in total. The van der Waals surface area contributed by atoms with Gasteiger partial charge in [-0.1, -0.05) is 30.3 Å². The molecular formula is C14H19O4S-. The zero-order valence-corrected chi connectivity index (χ0v) is 11.6. The Morgan fingerprint density at radius 2 is 1.84 bits per heavy atom. The Balaban J connectivity index is 1.54. The van der Waals surface area contributed by atoms with E-state index >= 15 is 0 Å². The molecule has 106 valence electrons. The first kappa shape index (κ1) is 14.5. The Bertz CT molecular complexity index is 477. The van der Waals surface area contributed by atoms with Gasteiger partial charge in [0.05, 0.1) is 16.7 Å². The van der Waals surface area contributed by atoms with Crippen LogP contribution in [0.2, 0.25) is 0 Å². The van der Waals surface area contributed by atoms with Gasteiger partial charge in [0.15, 0.2) is 0 Å². The third-order valence-corrected chi connectivity index (χ3v) is 4.43.